The second kappa shape index (κ2) is 11.2. The van der Waals surface area contributed by atoms with E-state index in [-0.39, 0.29) is 5.91 Å². The van der Waals surface area contributed by atoms with Gasteiger partial charge in [-0.05, 0) is 61.7 Å². The number of hydrogen-bond donors (Lipinski definition) is 1. The predicted molar refractivity (Wildman–Crippen MR) is 130 cm³/mol. The van der Waals surface area contributed by atoms with Gasteiger partial charge in [0.05, 0.1) is 11.9 Å². The molecule has 1 heterocycles. The molecule has 3 rings (SSSR count). The standard InChI is InChI=1S/C24H32ClN3O3S/c1-3-23(28(32(2,30)31)22-9-7-8-21(25)16-22)24(29)26-17-19-10-12-20(13-11-19)18-27-14-5-4-6-15-27/h7-13,16,23H,3-6,14-15,17-18H2,1-2H3,(H,26,29)/t23-/m0/s1. The fourth-order valence-electron chi connectivity index (χ4n) is 4.12. The number of amides is 1. The van der Waals surface area contributed by atoms with Crippen LogP contribution in [0, 0.1) is 0 Å². The summed E-state index contributed by atoms with van der Waals surface area (Å²) in [6, 6.07) is 13.9. The van der Waals surface area contributed by atoms with Crippen LogP contribution in [0.4, 0.5) is 5.69 Å². The Morgan fingerprint density at radius 3 is 2.34 bits per heavy atom. The molecule has 1 aliphatic rings. The highest BCUT2D eigenvalue weighted by Crippen LogP contribution is 2.25. The second-order valence-corrected chi connectivity index (χ2v) is 10.6. The van der Waals surface area contributed by atoms with Crippen LogP contribution in [0.5, 0.6) is 0 Å². The van der Waals surface area contributed by atoms with E-state index in [1.165, 1.54) is 24.8 Å². The summed E-state index contributed by atoms with van der Waals surface area (Å²) in [5.41, 5.74) is 2.62. The van der Waals surface area contributed by atoms with E-state index < -0.39 is 16.1 Å². The van der Waals surface area contributed by atoms with Crippen molar-refractivity contribution in [3.63, 3.8) is 0 Å². The SMILES string of the molecule is CC[C@@H](C(=O)NCc1ccc(CN2CCCCC2)cc1)N(c1cccc(Cl)c1)S(C)(=O)=O. The summed E-state index contributed by atoms with van der Waals surface area (Å²) in [7, 11) is -3.68. The predicted octanol–water partition coefficient (Wildman–Crippen LogP) is 4.19. The molecular weight excluding hydrogens is 446 g/mol. The van der Waals surface area contributed by atoms with Gasteiger partial charge in [0.2, 0.25) is 15.9 Å². The van der Waals surface area contributed by atoms with Gasteiger partial charge in [-0.15, -0.1) is 0 Å². The molecule has 0 spiro atoms. The van der Waals surface area contributed by atoms with Crippen LogP contribution in [0.1, 0.15) is 43.7 Å². The molecule has 0 aliphatic carbocycles. The number of rotatable bonds is 9. The first-order valence-corrected chi connectivity index (χ1v) is 13.3. The molecule has 174 valence electrons. The van der Waals surface area contributed by atoms with Crippen molar-refractivity contribution in [1.82, 2.24) is 10.2 Å². The maximum atomic E-state index is 13.0. The molecule has 2 aromatic rings. The molecule has 0 unspecified atom stereocenters. The van der Waals surface area contributed by atoms with Gasteiger partial charge in [-0.1, -0.05) is 55.3 Å². The van der Waals surface area contributed by atoms with Gasteiger partial charge in [0.1, 0.15) is 6.04 Å². The summed E-state index contributed by atoms with van der Waals surface area (Å²) < 4.78 is 26.2. The normalized spacial score (nSPS) is 15.8. The Morgan fingerprint density at radius 1 is 1.09 bits per heavy atom. The van der Waals surface area contributed by atoms with Crippen molar-refractivity contribution in [2.75, 3.05) is 23.7 Å². The number of halogens is 1. The van der Waals surface area contributed by atoms with Crippen LogP contribution in [0.3, 0.4) is 0 Å². The van der Waals surface area contributed by atoms with Gasteiger partial charge in [0.15, 0.2) is 0 Å². The van der Waals surface area contributed by atoms with Gasteiger partial charge in [0, 0.05) is 18.1 Å². The maximum absolute atomic E-state index is 13.0. The molecule has 0 bridgehead atoms. The van der Waals surface area contributed by atoms with Crippen LogP contribution < -0.4 is 9.62 Å². The van der Waals surface area contributed by atoms with Crippen LogP contribution in [-0.4, -0.2) is 44.6 Å². The monoisotopic (exact) mass is 477 g/mol. The summed E-state index contributed by atoms with van der Waals surface area (Å²) in [6.45, 7) is 5.39. The second-order valence-electron chi connectivity index (χ2n) is 8.33. The van der Waals surface area contributed by atoms with Crippen molar-refractivity contribution in [3.8, 4) is 0 Å². The first kappa shape index (κ1) is 24.6. The summed E-state index contributed by atoms with van der Waals surface area (Å²) >= 11 is 6.06. The lowest BCUT2D eigenvalue weighted by Crippen LogP contribution is -2.49. The summed E-state index contributed by atoms with van der Waals surface area (Å²) in [5.74, 6) is -0.338. The molecule has 32 heavy (non-hydrogen) atoms. The molecule has 1 amide bonds. The average molecular weight is 478 g/mol. The third-order valence-corrected chi connectivity index (χ3v) is 7.15. The topological polar surface area (TPSA) is 69.7 Å². The molecule has 1 atom stereocenters. The first-order chi connectivity index (χ1) is 15.3. The van der Waals surface area contributed by atoms with E-state index >= 15 is 0 Å². The van der Waals surface area contributed by atoms with Crippen LogP contribution in [0.15, 0.2) is 48.5 Å². The van der Waals surface area contributed by atoms with Crippen molar-refractivity contribution in [2.24, 2.45) is 0 Å². The van der Waals surface area contributed by atoms with Crippen LogP contribution in [-0.2, 0) is 27.9 Å². The third kappa shape index (κ3) is 6.70. The minimum atomic E-state index is -3.68. The van der Waals surface area contributed by atoms with E-state index in [0.29, 0.717) is 23.7 Å². The highest BCUT2D eigenvalue weighted by atomic mass is 35.5. The molecule has 1 aliphatic heterocycles. The zero-order valence-electron chi connectivity index (χ0n) is 18.8. The molecular formula is C24H32ClN3O3S. The Labute approximate surface area is 196 Å². The number of nitrogens with one attached hydrogen (secondary N) is 1. The van der Waals surface area contributed by atoms with E-state index in [4.69, 9.17) is 11.6 Å². The number of nitrogens with zero attached hydrogens (tertiary/aromatic N) is 2. The zero-order chi connectivity index (χ0) is 23.1. The number of likely N-dealkylation sites (tertiary alicyclic amines) is 1. The lowest BCUT2D eigenvalue weighted by Gasteiger charge is -2.30. The number of sulfonamides is 1. The smallest absolute Gasteiger partial charge is 0.244 e. The van der Waals surface area contributed by atoms with Crippen molar-refractivity contribution in [3.05, 3.63) is 64.7 Å². The molecule has 6 nitrogen and oxygen atoms in total. The average Bonchev–Trinajstić information content (AvgIpc) is 2.76. The molecule has 1 saturated heterocycles. The lowest BCUT2D eigenvalue weighted by molar-refractivity contribution is -0.122. The lowest BCUT2D eigenvalue weighted by atomic mass is 10.1. The minimum Gasteiger partial charge on any atom is -0.350 e. The minimum absolute atomic E-state index is 0.334. The molecule has 1 fully saturated rings. The van der Waals surface area contributed by atoms with Crippen molar-refractivity contribution >= 4 is 33.2 Å². The highest BCUT2D eigenvalue weighted by Gasteiger charge is 2.31. The van der Waals surface area contributed by atoms with Gasteiger partial charge >= 0.3 is 0 Å². The van der Waals surface area contributed by atoms with Crippen molar-refractivity contribution in [2.45, 2.75) is 51.7 Å². The van der Waals surface area contributed by atoms with E-state index in [9.17, 15) is 13.2 Å². The van der Waals surface area contributed by atoms with E-state index in [1.54, 1.807) is 31.2 Å². The zero-order valence-corrected chi connectivity index (χ0v) is 20.3. The van der Waals surface area contributed by atoms with Gasteiger partial charge in [-0.25, -0.2) is 8.42 Å². The van der Waals surface area contributed by atoms with Crippen molar-refractivity contribution in [1.29, 1.82) is 0 Å². The molecule has 2 aromatic carbocycles. The molecule has 1 N–H and O–H groups in total. The largest absolute Gasteiger partial charge is 0.350 e. The van der Waals surface area contributed by atoms with Crippen LogP contribution >= 0.6 is 11.6 Å². The number of anilines is 1. The third-order valence-electron chi connectivity index (χ3n) is 5.74. The Bertz CT molecular complexity index is 1010. The highest BCUT2D eigenvalue weighted by molar-refractivity contribution is 7.92. The number of hydrogen-bond acceptors (Lipinski definition) is 4. The summed E-state index contributed by atoms with van der Waals surface area (Å²) in [4.78, 5) is 15.4. The van der Waals surface area contributed by atoms with E-state index in [0.717, 1.165) is 35.8 Å². The van der Waals surface area contributed by atoms with Gasteiger partial charge < -0.3 is 5.32 Å². The Morgan fingerprint density at radius 2 is 1.75 bits per heavy atom. The van der Waals surface area contributed by atoms with Gasteiger partial charge in [-0.3, -0.25) is 14.0 Å². The number of carbonyl (C=O) groups is 1. The van der Waals surface area contributed by atoms with E-state index in [1.807, 2.05) is 12.1 Å². The van der Waals surface area contributed by atoms with Gasteiger partial charge in [0.25, 0.3) is 0 Å². The first-order valence-electron chi connectivity index (χ1n) is 11.1. The van der Waals surface area contributed by atoms with E-state index in [2.05, 4.69) is 22.3 Å². The Kier molecular flexibility index (Phi) is 8.57. The fourth-order valence-corrected chi connectivity index (χ4v) is 5.51. The van der Waals surface area contributed by atoms with Crippen LogP contribution in [0.2, 0.25) is 5.02 Å². The molecule has 0 radical (unpaired) electrons. The number of carbonyl (C=O) groups excluding carboxylic acids is 1. The Balaban J connectivity index is 1.65. The Hall–Kier alpha value is -2.09. The summed E-state index contributed by atoms with van der Waals surface area (Å²) in [6.07, 6.45) is 5.29. The number of piperidine rings is 1. The molecule has 8 heteroatoms. The summed E-state index contributed by atoms with van der Waals surface area (Å²) in [5, 5.41) is 3.31. The number of benzene rings is 2. The molecule has 0 saturated carbocycles. The van der Waals surface area contributed by atoms with Crippen LogP contribution in [0.25, 0.3) is 0 Å². The molecule has 0 aromatic heterocycles. The van der Waals surface area contributed by atoms with Gasteiger partial charge in [-0.2, -0.15) is 0 Å². The van der Waals surface area contributed by atoms with Crippen molar-refractivity contribution < 1.29 is 13.2 Å². The fraction of sp³-hybridized carbons (Fsp3) is 0.458. The quantitative estimate of drug-likeness (QED) is 0.588. The maximum Gasteiger partial charge on any atom is 0.244 e.